The number of hydrogen-bond donors (Lipinski definition) is 1. The Morgan fingerprint density at radius 3 is 2.48 bits per heavy atom. The highest BCUT2D eigenvalue weighted by Crippen LogP contribution is 2.71. The Morgan fingerprint density at radius 2 is 1.81 bits per heavy atom. The zero-order valence-electron chi connectivity index (χ0n) is 20.4. The van der Waals surface area contributed by atoms with E-state index >= 15 is 0 Å². The Balaban J connectivity index is 1.48. The van der Waals surface area contributed by atoms with Crippen LogP contribution in [-0.4, -0.2) is 22.4 Å². The van der Waals surface area contributed by atoms with E-state index in [1.807, 2.05) is 0 Å². The van der Waals surface area contributed by atoms with E-state index in [2.05, 4.69) is 71.9 Å². The van der Waals surface area contributed by atoms with E-state index in [1.165, 1.54) is 18.4 Å². The quantitative estimate of drug-likeness (QED) is 0.418. The predicted molar refractivity (Wildman–Crippen MR) is 124 cm³/mol. The molecule has 0 radical (unpaired) electrons. The van der Waals surface area contributed by atoms with Crippen molar-refractivity contribution in [1.82, 2.24) is 0 Å². The Kier molecular flexibility index (Phi) is 4.98. The topological polar surface area (TPSA) is 38.7 Å². The Hall–Kier alpha value is -0.900. The van der Waals surface area contributed by atoms with Gasteiger partial charge in [0.1, 0.15) is 11.2 Å². The normalized spacial score (nSPS) is 50.2. The van der Waals surface area contributed by atoms with E-state index in [9.17, 15) is 5.11 Å². The monoisotopic (exact) mass is 426 g/mol. The van der Waals surface area contributed by atoms with E-state index in [-0.39, 0.29) is 16.9 Å². The van der Waals surface area contributed by atoms with Crippen LogP contribution < -0.4 is 0 Å². The Labute approximate surface area is 188 Å². The fourth-order valence-electron chi connectivity index (χ4n) is 8.01. The number of aliphatic hydroxyl groups is 1. The molecule has 2 heterocycles. The average molecular weight is 427 g/mol. The second-order valence-electron chi connectivity index (χ2n) is 12.3. The lowest BCUT2D eigenvalue weighted by Crippen LogP contribution is -2.69. The van der Waals surface area contributed by atoms with Crippen LogP contribution in [0.15, 0.2) is 36.0 Å². The molecule has 1 N–H and O–H groups in total. The summed E-state index contributed by atoms with van der Waals surface area (Å²) in [6, 6.07) is 0. The molecule has 31 heavy (non-hydrogen) atoms. The van der Waals surface area contributed by atoms with Gasteiger partial charge in [-0.1, -0.05) is 59.8 Å². The third kappa shape index (κ3) is 2.82. The van der Waals surface area contributed by atoms with E-state index in [0.29, 0.717) is 36.0 Å². The summed E-state index contributed by atoms with van der Waals surface area (Å²) >= 11 is 0. The van der Waals surface area contributed by atoms with Crippen LogP contribution in [0.1, 0.15) is 80.1 Å². The van der Waals surface area contributed by atoms with Crippen LogP contribution in [0.4, 0.5) is 0 Å². The van der Waals surface area contributed by atoms with Gasteiger partial charge in [0, 0.05) is 17.8 Å². The molecule has 0 aromatic carbocycles. The first kappa shape index (κ1) is 21.9. The first-order chi connectivity index (χ1) is 14.6. The van der Waals surface area contributed by atoms with E-state index in [1.54, 1.807) is 0 Å². The van der Waals surface area contributed by atoms with Crippen molar-refractivity contribution in [3.63, 3.8) is 0 Å². The van der Waals surface area contributed by atoms with Gasteiger partial charge in [-0.05, 0) is 78.9 Å². The smallest absolute Gasteiger partial charge is 0.147 e. The summed E-state index contributed by atoms with van der Waals surface area (Å²) < 4.78 is 0. The van der Waals surface area contributed by atoms with Gasteiger partial charge in [-0.3, -0.25) is 0 Å². The van der Waals surface area contributed by atoms with Gasteiger partial charge in [0.05, 0.1) is 6.10 Å². The molecule has 2 spiro atoms. The summed E-state index contributed by atoms with van der Waals surface area (Å²) in [5.41, 5.74) is 0.656. The number of allylic oxidation sites excluding steroid dienone is 3. The third-order valence-corrected chi connectivity index (χ3v) is 10.5. The van der Waals surface area contributed by atoms with Crippen molar-refractivity contribution in [2.45, 2.75) is 97.4 Å². The highest BCUT2D eigenvalue weighted by Gasteiger charge is 2.71. The average Bonchev–Trinajstić information content (AvgIpc) is 3.09. The summed E-state index contributed by atoms with van der Waals surface area (Å²) in [5.74, 6) is 2.98. The molecule has 6 rings (SSSR count). The van der Waals surface area contributed by atoms with Crippen molar-refractivity contribution in [2.75, 3.05) is 0 Å². The number of hydrogen-bond acceptors (Lipinski definition) is 3. The third-order valence-electron chi connectivity index (χ3n) is 10.5. The summed E-state index contributed by atoms with van der Waals surface area (Å²) in [6.45, 7) is 14.2. The molecule has 1 unspecified atom stereocenters. The summed E-state index contributed by atoms with van der Waals surface area (Å²) in [6.07, 6.45) is 17.8. The van der Waals surface area contributed by atoms with E-state index < -0.39 is 11.2 Å². The number of rotatable bonds is 4. The lowest BCUT2D eigenvalue weighted by Gasteiger charge is -2.66. The SMILES string of the molecule is CC(C)[C@@H](C)/C=C/[C@@H](C)[C@H]1CCC2[C@]1(C)CC=C1[C@]23C=C[C@]2(C[C@@H](O)CC[C@]12C)OO3. The maximum Gasteiger partial charge on any atom is 0.147 e. The highest BCUT2D eigenvalue weighted by atomic mass is 17.2. The van der Waals surface area contributed by atoms with E-state index in [4.69, 9.17) is 9.78 Å². The Morgan fingerprint density at radius 1 is 1.03 bits per heavy atom. The minimum absolute atomic E-state index is 0.0726. The van der Waals surface area contributed by atoms with Crippen molar-refractivity contribution < 1.29 is 14.9 Å². The standard InChI is InChI=1S/C28H42O3/c1-18(2)19(3)7-8-20(4)22-9-10-23-25(22,5)13-12-24-26(6)14-11-21(29)17-27(26)15-16-28(23,24)31-30-27/h7-8,12,15-16,18-23,29H,9-11,13-14,17H2,1-6H3/b8-7+/t19-,20+,21-,22+,23?,25+,26+,27+,28-/m0/s1. The van der Waals surface area contributed by atoms with Crippen molar-refractivity contribution in [3.8, 4) is 0 Å². The van der Waals surface area contributed by atoms with Crippen LogP contribution in [0.2, 0.25) is 0 Å². The van der Waals surface area contributed by atoms with Crippen molar-refractivity contribution in [3.05, 3.63) is 36.0 Å². The molecule has 2 saturated carbocycles. The second-order valence-corrected chi connectivity index (χ2v) is 12.3. The lowest BCUT2D eigenvalue weighted by atomic mass is 9.47. The van der Waals surface area contributed by atoms with Crippen molar-refractivity contribution in [1.29, 1.82) is 0 Å². The summed E-state index contributed by atoms with van der Waals surface area (Å²) in [7, 11) is 0. The van der Waals surface area contributed by atoms with Crippen LogP contribution in [-0.2, 0) is 9.78 Å². The van der Waals surface area contributed by atoms with E-state index in [0.717, 1.165) is 19.3 Å². The second kappa shape index (κ2) is 7.05. The lowest BCUT2D eigenvalue weighted by molar-refractivity contribution is -0.455. The van der Waals surface area contributed by atoms with Crippen LogP contribution >= 0.6 is 0 Å². The molecule has 4 aliphatic carbocycles. The minimum Gasteiger partial charge on any atom is -0.393 e. The largest absolute Gasteiger partial charge is 0.393 e. The zero-order valence-corrected chi connectivity index (χ0v) is 20.4. The Bertz CT molecular complexity index is 826. The molecule has 0 aromatic heterocycles. The first-order valence-electron chi connectivity index (χ1n) is 12.7. The van der Waals surface area contributed by atoms with Gasteiger partial charge >= 0.3 is 0 Å². The fourth-order valence-corrected chi connectivity index (χ4v) is 8.01. The minimum atomic E-state index is -0.507. The molecular weight excluding hydrogens is 384 g/mol. The van der Waals surface area contributed by atoms with Gasteiger partial charge in [-0.25, -0.2) is 9.78 Å². The summed E-state index contributed by atoms with van der Waals surface area (Å²) in [4.78, 5) is 12.6. The van der Waals surface area contributed by atoms with Crippen molar-refractivity contribution >= 4 is 0 Å². The predicted octanol–water partition coefficient (Wildman–Crippen LogP) is 6.39. The molecule has 9 atom stereocenters. The summed E-state index contributed by atoms with van der Waals surface area (Å²) in [5, 5.41) is 10.4. The van der Waals surface area contributed by atoms with Gasteiger partial charge in [-0.2, -0.15) is 0 Å². The maximum absolute atomic E-state index is 10.4. The maximum atomic E-state index is 10.4. The van der Waals surface area contributed by atoms with Gasteiger partial charge in [0.15, 0.2) is 0 Å². The molecule has 1 saturated heterocycles. The molecule has 2 bridgehead atoms. The first-order valence-corrected chi connectivity index (χ1v) is 12.7. The molecule has 0 aromatic rings. The van der Waals surface area contributed by atoms with Gasteiger partial charge in [-0.15, -0.1) is 0 Å². The highest BCUT2D eigenvalue weighted by molar-refractivity contribution is 5.48. The molecule has 2 aliphatic heterocycles. The van der Waals surface area contributed by atoms with Gasteiger partial charge in [0.25, 0.3) is 0 Å². The van der Waals surface area contributed by atoms with Crippen LogP contribution in [0.25, 0.3) is 0 Å². The molecule has 6 aliphatic rings. The van der Waals surface area contributed by atoms with Gasteiger partial charge in [0.2, 0.25) is 0 Å². The molecule has 3 heteroatoms. The molecule has 0 amide bonds. The fraction of sp³-hybridized carbons (Fsp3) is 0.786. The van der Waals surface area contributed by atoms with Crippen molar-refractivity contribution in [2.24, 2.45) is 40.4 Å². The molecule has 3 nitrogen and oxygen atoms in total. The van der Waals surface area contributed by atoms with Crippen LogP contribution in [0.5, 0.6) is 0 Å². The number of aliphatic hydroxyl groups excluding tert-OH is 1. The molecule has 3 fully saturated rings. The molecule has 172 valence electrons. The zero-order chi connectivity index (χ0) is 22.2. The van der Waals surface area contributed by atoms with Crippen LogP contribution in [0.3, 0.4) is 0 Å². The molecular formula is C28H42O3. The number of fused-ring (bicyclic) bond motifs is 2. The van der Waals surface area contributed by atoms with Crippen LogP contribution in [0, 0.1) is 40.4 Å². The van der Waals surface area contributed by atoms with Gasteiger partial charge < -0.3 is 5.11 Å².